The Labute approximate surface area is 167 Å². The highest BCUT2D eigenvalue weighted by Crippen LogP contribution is 2.41. The highest BCUT2D eigenvalue weighted by atomic mass is 16.1. The number of rotatable bonds is 4. The minimum atomic E-state index is 0.00699. The summed E-state index contributed by atoms with van der Waals surface area (Å²) >= 11 is 0. The van der Waals surface area contributed by atoms with Gasteiger partial charge in [0.15, 0.2) is 5.78 Å². The van der Waals surface area contributed by atoms with Crippen LogP contribution >= 0.6 is 0 Å². The zero-order chi connectivity index (χ0) is 19.6. The number of carbonyl (C=O) groups excluding carboxylic acids is 1. The molecule has 0 atom stereocenters. The van der Waals surface area contributed by atoms with Crippen molar-refractivity contribution in [2.24, 2.45) is 0 Å². The second kappa shape index (κ2) is 7.44. The molecule has 0 radical (unpaired) electrons. The van der Waals surface area contributed by atoms with E-state index in [1.54, 1.807) is 6.08 Å². The smallest absolute Gasteiger partial charge is 0.185 e. The molecule has 0 N–H and O–H groups in total. The predicted molar refractivity (Wildman–Crippen MR) is 117 cm³/mol. The lowest BCUT2D eigenvalue weighted by Crippen LogP contribution is -2.22. The molecule has 0 amide bonds. The molecule has 1 aliphatic rings. The summed E-state index contributed by atoms with van der Waals surface area (Å²) in [7, 11) is 0. The average molecular weight is 364 g/mol. The zero-order valence-corrected chi connectivity index (χ0v) is 16.4. The number of hydrogen-bond donors (Lipinski definition) is 0. The monoisotopic (exact) mass is 364 g/mol. The van der Waals surface area contributed by atoms with Gasteiger partial charge in [0.05, 0.1) is 0 Å². The Morgan fingerprint density at radius 3 is 2.29 bits per heavy atom. The fraction of sp³-hybridized carbons (Fsp3) is 0.148. The number of fused-ring (bicyclic) bond motifs is 1. The molecule has 0 fully saturated rings. The van der Waals surface area contributed by atoms with Gasteiger partial charge in [-0.25, -0.2) is 0 Å². The van der Waals surface area contributed by atoms with E-state index in [2.05, 4.69) is 56.3 Å². The molecule has 0 aromatic heterocycles. The summed E-state index contributed by atoms with van der Waals surface area (Å²) in [6, 6.07) is 26.5. The van der Waals surface area contributed by atoms with E-state index in [4.69, 9.17) is 0 Å². The molecule has 0 saturated heterocycles. The first-order valence-corrected chi connectivity index (χ1v) is 9.72. The van der Waals surface area contributed by atoms with Gasteiger partial charge in [-0.3, -0.25) is 4.79 Å². The molecule has 0 saturated carbocycles. The molecule has 3 aromatic carbocycles. The third kappa shape index (κ3) is 3.61. The molecule has 28 heavy (non-hydrogen) atoms. The predicted octanol–water partition coefficient (Wildman–Crippen LogP) is 6.70. The Morgan fingerprint density at radius 1 is 0.893 bits per heavy atom. The summed E-state index contributed by atoms with van der Waals surface area (Å²) in [5.74, 6) is 0.0401. The summed E-state index contributed by atoms with van der Waals surface area (Å²) in [6.07, 6.45) is 6.83. The van der Waals surface area contributed by atoms with E-state index in [0.717, 1.165) is 17.5 Å². The Balaban J connectivity index is 1.69. The van der Waals surface area contributed by atoms with E-state index in [0.29, 0.717) is 0 Å². The van der Waals surface area contributed by atoms with Crippen molar-refractivity contribution in [3.63, 3.8) is 0 Å². The molecule has 0 unspecified atom stereocenters. The summed E-state index contributed by atoms with van der Waals surface area (Å²) in [6.45, 7) is 4.50. The zero-order valence-electron chi connectivity index (χ0n) is 16.4. The molecular weight excluding hydrogens is 340 g/mol. The topological polar surface area (TPSA) is 17.1 Å². The largest absolute Gasteiger partial charge is 0.289 e. The highest BCUT2D eigenvalue weighted by Gasteiger charge is 2.29. The minimum Gasteiger partial charge on any atom is -0.289 e. The van der Waals surface area contributed by atoms with Gasteiger partial charge in [0.1, 0.15) is 0 Å². The number of ketones is 1. The quantitative estimate of drug-likeness (QED) is 0.372. The Kier molecular flexibility index (Phi) is 4.83. The van der Waals surface area contributed by atoms with E-state index >= 15 is 0 Å². The van der Waals surface area contributed by atoms with E-state index in [1.165, 1.54) is 22.3 Å². The van der Waals surface area contributed by atoms with Gasteiger partial charge in [-0.15, -0.1) is 0 Å². The van der Waals surface area contributed by atoms with Crippen molar-refractivity contribution < 1.29 is 4.79 Å². The van der Waals surface area contributed by atoms with Crippen LogP contribution in [0.15, 0.2) is 91.0 Å². The molecule has 0 bridgehead atoms. The standard InChI is InChI=1S/C27H24O/c1-27(2)18-17-23(21-11-7-4-8-12-21)24-15-14-22(19-25(24)27)26(28)16-13-20-9-5-3-6-10-20/h3-17,19H,18H2,1-2H3. The Morgan fingerprint density at radius 2 is 1.57 bits per heavy atom. The lowest BCUT2D eigenvalue weighted by atomic mass is 9.71. The molecule has 4 rings (SSSR count). The SMILES string of the molecule is CC1(C)CC=C(c2ccccc2)c2ccc(C(=O)C=Cc3ccccc3)cc21. The van der Waals surface area contributed by atoms with Gasteiger partial charge >= 0.3 is 0 Å². The lowest BCUT2D eigenvalue weighted by molar-refractivity contribution is 0.104. The molecule has 138 valence electrons. The fourth-order valence-corrected chi connectivity index (χ4v) is 3.79. The lowest BCUT2D eigenvalue weighted by Gasteiger charge is -2.32. The van der Waals surface area contributed by atoms with Crippen molar-refractivity contribution in [3.8, 4) is 0 Å². The van der Waals surface area contributed by atoms with Crippen molar-refractivity contribution in [1.82, 2.24) is 0 Å². The summed E-state index contributed by atoms with van der Waals surface area (Å²) in [4.78, 5) is 12.8. The number of hydrogen-bond acceptors (Lipinski definition) is 1. The number of carbonyl (C=O) groups is 1. The van der Waals surface area contributed by atoms with E-state index in [-0.39, 0.29) is 11.2 Å². The van der Waals surface area contributed by atoms with Crippen LogP contribution < -0.4 is 0 Å². The Bertz CT molecular complexity index is 1050. The van der Waals surface area contributed by atoms with Crippen molar-refractivity contribution >= 4 is 17.4 Å². The van der Waals surface area contributed by atoms with Crippen LogP contribution in [-0.4, -0.2) is 5.78 Å². The summed E-state index contributed by atoms with van der Waals surface area (Å²) in [5.41, 5.74) is 6.74. The molecule has 1 aliphatic carbocycles. The first kappa shape index (κ1) is 18.2. The first-order chi connectivity index (χ1) is 13.5. The van der Waals surface area contributed by atoms with Crippen LogP contribution in [0.2, 0.25) is 0 Å². The molecule has 3 aromatic rings. The third-order valence-corrected chi connectivity index (χ3v) is 5.45. The maximum Gasteiger partial charge on any atom is 0.185 e. The van der Waals surface area contributed by atoms with Gasteiger partial charge in [0.2, 0.25) is 0 Å². The van der Waals surface area contributed by atoms with Crippen LogP contribution in [0.4, 0.5) is 0 Å². The first-order valence-electron chi connectivity index (χ1n) is 9.72. The maximum absolute atomic E-state index is 12.8. The van der Waals surface area contributed by atoms with Gasteiger partial charge in [0, 0.05) is 5.56 Å². The van der Waals surface area contributed by atoms with Crippen molar-refractivity contribution in [2.75, 3.05) is 0 Å². The Hall–Kier alpha value is -3.19. The second-order valence-corrected chi connectivity index (χ2v) is 7.94. The molecular formula is C27H24O. The normalized spacial score (nSPS) is 15.1. The molecule has 0 heterocycles. The minimum absolute atomic E-state index is 0.00699. The second-order valence-electron chi connectivity index (χ2n) is 7.94. The van der Waals surface area contributed by atoms with Crippen LogP contribution in [0.3, 0.4) is 0 Å². The average Bonchev–Trinajstić information content (AvgIpc) is 2.73. The highest BCUT2D eigenvalue weighted by molar-refractivity contribution is 6.07. The number of benzene rings is 3. The van der Waals surface area contributed by atoms with Gasteiger partial charge in [0.25, 0.3) is 0 Å². The molecule has 1 nitrogen and oxygen atoms in total. The fourth-order valence-electron chi connectivity index (χ4n) is 3.79. The van der Waals surface area contributed by atoms with Crippen LogP contribution in [0, 0.1) is 0 Å². The van der Waals surface area contributed by atoms with Gasteiger partial charge in [-0.05, 0) is 51.8 Å². The number of allylic oxidation sites excluding steroid dienone is 2. The molecule has 0 spiro atoms. The van der Waals surface area contributed by atoms with Gasteiger partial charge in [-0.2, -0.15) is 0 Å². The van der Waals surface area contributed by atoms with Crippen LogP contribution in [-0.2, 0) is 5.41 Å². The van der Waals surface area contributed by atoms with Gasteiger partial charge in [-0.1, -0.05) is 98.8 Å². The maximum atomic E-state index is 12.8. The van der Waals surface area contributed by atoms with Crippen LogP contribution in [0.25, 0.3) is 11.6 Å². The molecule has 1 heteroatoms. The van der Waals surface area contributed by atoms with Gasteiger partial charge < -0.3 is 0 Å². The molecule has 0 aliphatic heterocycles. The van der Waals surface area contributed by atoms with Crippen molar-refractivity contribution in [1.29, 1.82) is 0 Å². The summed E-state index contributed by atoms with van der Waals surface area (Å²) in [5, 5.41) is 0. The van der Waals surface area contributed by atoms with E-state index < -0.39 is 0 Å². The van der Waals surface area contributed by atoms with Crippen LogP contribution in [0.1, 0.15) is 52.9 Å². The van der Waals surface area contributed by atoms with Crippen LogP contribution in [0.5, 0.6) is 0 Å². The van der Waals surface area contributed by atoms with Crippen molar-refractivity contribution in [2.45, 2.75) is 25.7 Å². The van der Waals surface area contributed by atoms with E-state index in [9.17, 15) is 4.79 Å². The third-order valence-electron chi connectivity index (χ3n) is 5.45. The van der Waals surface area contributed by atoms with Crippen molar-refractivity contribution in [3.05, 3.63) is 119 Å². The summed E-state index contributed by atoms with van der Waals surface area (Å²) < 4.78 is 0. The van der Waals surface area contributed by atoms with E-state index in [1.807, 2.05) is 48.5 Å².